The minimum absolute atomic E-state index is 0.0250. The summed E-state index contributed by atoms with van der Waals surface area (Å²) in [6.07, 6.45) is 2.63. The zero-order chi connectivity index (χ0) is 22.4. The summed E-state index contributed by atoms with van der Waals surface area (Å²) in [5.74, 6) is -0.991. The molecule has 8 nitrogen and oxygen atoms in total. The number of methoxy groups -OCH3 is 1. The van der Waals surface area contributed by atoms with Crippen molar-refractivity contribution in [3.05, 3.63) is 53.1 Å². The van der Waals surface area contributed by atoms with Crippen LogP contribution in [-0.2, 0) is 19.6 Å². The molecule has 0 aromatic heterocycles. The Balaban J connectivity index is 1.64. The summed E-state index contributed by atoms with van der Waals surface area (Å²) in [6, 6.07) is 10.3. The maximum atomic E-state index is 12.8. The van der Waals surface area contributed by atoms with Crippen LogP contribution < -0.4 is 10.1 Å². The van der Waals surface area contributed by atoms with Crippen LogP contribution in [0.15, 0.2) is 47.4 Å². The van der Waals surface area contributed by atoms with Crippen LogP contribution in [0.2, 0.25) is 5.02 Å². The maximum Gasteiger partial charge on any atom is 0.338 e. The highest BCUT2D eigenvalue weighted by molar-refractivity contribution is 7.89. The number of rotatable bonds is 7. The number of piperidine rings is 1. The first-order valence-corrected chi connectivity index (χ1v) is 11.5. The van der Waals surface area contributed by atoms with Crippen LogP contribution in [0.25, 0.3) is 0 Å². The van der Waals surface area contributed by atoms with E-state index in [1.165, 1.54) is 41.7 Å². The lowest BCUT2D eigenvalue weighted by atomic mass is 10.2. The number of nitrogens with one attached hydrogen (secondary N) is 1. The second-order valence-electron chi connectivity index (χ2n) is 6.96. The largest absolute Gasteiger partial charge is 0.495 e. The van der Waals surface area contributed by atoms with Gasteiger partial charge in [0.25, 0.3) is 5.91 Å². The molecule has 0 saturated carbocycles. The summed E-state index contributed by atoms with van der Waals surface area (Å²) in [4.78, 5) is 24.6. The third-order valence-corrected chi connectivity index (χ3v) is 6.92. The second kappa shape index (κ2) is 10.1. The molecule has 1 fully saturated rings. The summed E-state index contributed by atoms with van der Waals surface area (Å²) in [5, 5.41) is 2.96. The third-order valence-electron chi connectivity index (χ3n) is 4.79. The van der Waals surface area contributed by atoms with E-state index in [0.717, 1.165) is 19.3 Å². The van der Waals surface area contributed by atoms with Gasteiger partial charge in [0.15, 0.2) is 6.61 Å². The number of esters is 1. The number of hydrogen-bond acceptors (Lipinski definition) is 6. The summed E-state index contributed by atoms with van der Waals surface area (Å²) >= 11 is 5.93. The molecule has 0 bridgehead atoms. The van der Waals surface area contributed by atoms with Gasteiger partial charge in [-0.3, -0.25) is 4.79 Å². The molecule has 1 heterocycles. The fourth-order valence-electron chi connectivity index (χ4n) is 3.22. The van der Waals surface area contributed by atoms with Gasteiger partial charge in [0, 0.05) is 18.1 Å². The number of amides is 1. The van der Waals surface area contributed by atoms with Gasteiger partial charge in [-0.1, -0.05) is 24.1 Å². The predicted octanol–water partition coefficient (Wildman–Crippen LogP) is 3.32. The maximum absolute atomic E-state index is 12.8. The van der Waals surface area contributed by atoms with E-state index in [0.29, 0.717) is 29.5 Å². The van der Waals surface area contributed by atoms with E-state index in [9.17, 15) is 18.0 Å². The number of sulfonamides is 1. The quantitative estimate of drug-likeness (QED) is 0.628. The molecule has 1 amide bonds. The van der Waals surface area contributed by atoms with Crippen molar-refractivity contribution in [2.24, 2.45) is 0 Å². The van der Waals surface area contributed by atoms with Gasteiger partial charge < -0.3 is 14.8 Å². The Kier molecular flexibility index (Phi) is 7.53. The van der Waals surface area contributed by atoms with Gasteiger partial charge in [-0.2, -0.15) is 4.31 Å². The van der Waals surface area contributed by atoms with Crippen LogP contribution in [0.4, 0.5) is 5.69 Å². The van der Waals surface area contributed by atoms with E-state index in [1.54, 1.807) is 12.1 Å². The lowest BCUT2D eigenvalue weighted by Crippen LogP contribution is -2.35. The van der Waals surface area contributed by atoms with E-state index in [4.69, 9.17) is 21.1 Å². The van der Waals surface area contributed by atoms with Crippen molar-refractivity contribution in [3.8, 4) is 5.75 Å². The molecule has 2 aromatic rings. The fourth-order valence-corrected chi connectivity index (χ4v) is 4.95. The molecular weight excluding hydrogens is 444 g/mol. The van der Waals surface area contributed by atoms with Crippen LogP contribution in [0, 0.1) is 0 Å². The SMILES string of the molecule is COc1ccc(Cl)cc1NC(=O)COC(=O)c1cccc(S(=O)(=O)N2CCCCC2)c1. The van der Waals surface area contributed by atoms with Gasteiger partial charge in [-0.15, -0.1) is 0 Å². The number of halogens is 1. The van der Waals surface area contributed by atoms with Crippen LogP contribution in [0.1, 0.15) is 29.6 Å². The summed E-state index contributed by atoms with van der Waals surface area (Å²) < 4.78 is 37.2. The lowest BCUT2D eigenvalue weighted by Gasteiger charge is -2.25. The molecule has 2 aromatic carbocycles. The molecule has 1 saturated heterocycles. The van der Waals surface area contributed by atoms with Crippen LogP contribution >= 0.6 is 11.6 Å². The Labute approximate surface area is 186 Å². The molecule has 0 aliphatic carbocycles. The first kappa shape index (κ1) is 23.1. The number of benzene rings is 2. The van der Waals surface area contributed by atoms with Crippen molar-refractivity contribution in [1.82, 2.24) is 4.31 Å². The van der Waals surface area contributed by atoms with Gasteiger partial charge in [0.2, 0.25) is 10.0 Å². The number of anilines is 1. The molecule has 0 atom stereocenters. The highest BCUT2D eigenvalue weighted by atomic mass is 35.5. The van der Waals surface area contributed by atoms with Gasteiger partial charge in [-0.25, -0.2) is 13.2 Å². The molecule has 0 spiro atoms. The first-order chi connectivity index (χ1) is 14.8. The molecule has 0 unspecified atom stereocenters. The van der Waals surface area contributed by atoms with Crippen molar-refractivity contribution in [2.45, 2.75) is 24.2 Å². The highest BCUT2D eigenvalue weighted by Crippen LogP contribution is 2.27. The normalized spacial score (nSPS) is 14.6. The molecular formula is C21H23ClN2O6S. The zero-order valence-corrected chi connectivity index (χ0v) is 18.5. The first-order valence-electron chi connectivity index (χ1n) is 9.72. The Morgan fingerprint density at radius 1 is 1.10 bits per heavy atom. The van der Waals surface area contributed by atoms with Crippen LogP contribution in [0.3, 0.4) is 0 Å². The van der Waals surface area contributed by atoms with E-state index in [-0.39, 0.29) is 10.5 Å². The standard InChI is InChI=1S/C21H23ClN2O6S/c1-29-19-9-8-16(22)13-18(19)23-20(25)14-30-21(26)15-6-5-7-17(12-15)31(27,28)24-10-3-2-4-11-24/h5-9,12-13H,2-4,10-11,14H2,1H3,(H,23,25). The average molecular weight is 467 g/mol. The number of hydrogen-bond donors (Lipinski definition) is 1. The number of ether oxygens (including phenoxy) is 2. The predicted molar refractivity (Wildman–Crippen MR) is 116 cm³/mol. The fraction of sp³-hybridized carbons (Fsp3) is 0.333. The molecule has 10 heteroatoms. The Morgan fingerprint density at radius 3 is 2.55 bits per heavy atom. The number of carbonyl (C=O) groups excluding carboxylic acids is 2. The molecule has 31 heavy (non-hydrogen) atoms. The van der Waals surface area contributed by atoms with Crippen molar-refractivity contribution < 1.29 is 27.5 Å². The topological polar surface area (TPSA) is 102 Å². The van der Waals surface area contributed by atoms with Crippen molar-refractivity contribution in [2.75, 3.05) is 32.1 Å². The van der Waals surface area contributed by atoms with E-state index >= 15 is 0 Å². The zero-order valence-electron chi connectivity index (χ0n) is 17.0. The van der Waals surface area contributed by atoms with Crippen LogP contribution in [-0.4, -0.2) is 51.4 Å². The smallest absolute Gasteiger partial charge is 0.338 e. The Hall–Kier alpha value is -2.62. The highest BCUT2D eigenvalue weighted by Gasteiger charge is 2.26. The van der Waals surface area contributed by atoms with Gasteiger partial charge in [0.1, 0.15) is 5.75 Å². The van der Waals surface area contributed by atoms with Crippen molar-refractivity contribution in [1.29, 1.82) is 0 Å². The van der Waals surface area contributed by atoms with Crippen molar-refractivity contribution in [3.63, 3.8) is 0 Å². The summed E-state index contributed by atoms with van der Waals surface area (Å²) in [6.45, 7) is 0.367. The van der Waals surface area contributed by atoms with Gasteiger partial charge in [0.05, 0.1) is 23.3 Å². The molecule has 166 valence electrons. The van der Waals surface area contributed by atoms with Crippen LogP contribution in [0.5, 0.6) is 5.75 Å². The lowest BCUT2D eigenvalue weighted by molar-refractivity contribution is -0.119. The molecule has 1 aliphatic heterocycles. The van der Waals surface area contributed by atoms with E-state index in [2.05, 4.69) is 5.32 Å². The summed E-state index contributed by atoms with van der Waals surface area (Å²) in [7, 11) is -2.23. The third kappa shape index (κ3) is 5.75. The minimum Gasteiger partial charge on any atom is -0.495 e. The number of nitrogens with zero attached hydrogens (tertiary/aromatic N) is 1. The minimum atomic E-state index is -3.68. The molecule has 0 radical (unpaired) electrons. The Morgan fingerprint density at radius 2 is 1.84 bits per heavy atom. The van der Waals surface area contributed by atoms with E-state index in [1.807, 2.05) is 0 Å². The summed E-state index contributed by atoms with van der Waals surface area (Å²) in [5.41, 5.74) is 0.386. The molecule has 1 aliphatic rings. The average Bonchev–Trinajstić information content (AvgIpc) is 2.78. The molecule has 1 N–H and O–H groups in total. The van der Waals surface area contributed by atoms with Gasteiger partial charge in [-0.05, 0) is 49.2 Å². The van der Waals surface area contributed by atoms with Gasteiger partial charge >= 0.3 is 5.97 Å². The Bertz CT molecular complexity index is 1070. The van der Waals surface area contributed by atoms with E-state index < -0.39 is 28.5 Å². The monoisotopic (exact) mass is 466 g/mol. The second-order valence-corrected chi connectivity index (χ2v) is 9.34. The number of carbonyl (C=O) groups is 2. The van der Waals surface area contributed by atoms with Crippen molar-refractivity contribution >= 4 is 39.2 Å². The molecule has 3 rings (SSSR count).